The summed E-state index contributed by atoms with van der Waals surface area (Å²) < 4.78 is 1.84. The average molecular weight is 419 g/mol. The number of hydrogen-bond donors (Lipinski definition) is 2. The van der Waals surface area contributed by atoms with Crippen LogP contribution in [-0.2, 0) is 13.0 Å². The first kappa shape index (κ1) is 18.0. The fraction of sp³-hybridized carbons (Fsp3) is 0.105. The zero-order chi connectivity index (χ0) is 19.0. The third-order valence-corrected chi connectivity index (χ3v) is 5.20. The molecule has 4 aromatic rings. The smallest absolute Gasteiger partial charge is 0.173 e. The molecule has 4 rings (SSSR count). The Labute approximate surface area is 170 Å². The van der Waals surface area contributed by atoms with Crippen LogP contribution in [0.15, 0.2) is 48.8 Å². The number of fused-ring (bicyclic) bond motifs is 1. The van der Waals surface area contributed by atoms with Gasteiger partial charge in [0, 0.05) is 27.1 Å². The van der Waals surface area contributed by atoms with Crippen LogP contribution in [-0.4, -0.2) is 19.5 Å². The lowest BCUT2D eigenvalue weighted by Crippen LogP contribution is -2.13. The summed E-state index contributed by atoms with van der Waals surface area (Å²) in [5.41, 5.74) is 3.20. The van der Waals surface area contributed by atoms with E-state index in [1.54, 1.807) is 24.5 Å². The summed E-state index contributed by atoms with van der Waals surface area (Å²) in [5.74, 6) is 0.743. The summed E-state index contributed by atoms with van der Waals surface area (Å²) in [4.78, 5) is 12.0. The van der Waals surface area contributed by atoms with Crippen LogP contribution in [0.25, 0.3) is 11.2 Å². The predicted molar refractivity (Wildman–Crippen MR) is 108 cm³/mol. The van der Waals surface area contributed by atoms with E-state index in [1.165, 1.54) is 0 Å². The van der Waals surface area contributed by atoms with Crippen molar-refractivity contribution in [3.05, 3.63) is 86.3 Å². The van der Waals surface area contributed by atoms with Crippen molar-refractivity contribution in [2.45, 2.75) is 13.0 Å². The quantitative estimate of drug-likeness (QED) is 0.498. The predicted octanol–water partition coefficient (Wildman–Crippen LogP) is 4.84. The highest BCUT2D eigenvalue weighted by atomic mass is 35.5. The normalized spacial score (nSPS) is 11.2. The first-order valence-electron chi connectivity index (χ1n) is 8.17. The highest BCUT2D eigenvalue weighted by molar-refractivity contribution is 6.36. The molecule has 0 aliphatic rings. The first-order valence-corrected chi connectivity index (χ1v) is 9.30. The van der Waals surface area contributed by atoms with Crippen LogP contribution in [0.2, 0.25) is 15.1 Å². The van der Waals surface area contributed by atoms with E-state index in [0.29, 0.717) is 39.2 Å². The van der Waals surface area contributed by atoms with E-state index < -0.39 is 0 Å². The largest absolute Gasteiger partial charge is 0.337 e. The molecule has 0 aliphatic carbocycles. The van der Waals surface area contributed by atoms with E-state index in [0.717, 1.165) is 17.0 Å². The summed E-state index contributed by atoms with van der Waals surface area (Å²) in [7, 11) is 0. The van der Waals surface area contributed by atoms with Crippen LogP contribution in [0.5, 0.6) is 0 Å². The van der Waals surface area contributed by atoms with E-state index in [4.69, 9.17) is 40.2 Å². The van der Waals surface area contributed by atoms with Crippen molar-refractivity contribution in [2.75, 3.05) is 0 Å². The Hall–Kier alpha value is -2.34. The molecule has 0 spiro atoms. The maximum Gasteiger partial charge on any atom is 0.173 e. The van der Waals surface area contributed by atoms with Gasteiger partial charge in [0.2, 0.25) is 0 Å². The van der Waals surface area contributed by atoms with Gasteiger partial charge in [-0.3, -0.25) is 5.41 Å². The van der Waals surface area contributed by atoms with Gasteiger partial charge in [-0.05, 0) is 29.8 Å². The Morgan fingerprint density at radius 1 is 1.00 bits per heavy atom. The zero-order valence-corrected chi connectivity index (χ0v) is 16.3. The van der Waals surface area contributed by atoms with Gasteiger partial charge in [-0.1, -0.05) is 53.0 Å². The van der Waals surface area contributed by atoms with Crippen LogP contribution in [0, 0.1) is 5.41 Å². The van der Waals surface area contributed by atoms with Crippen molar-refractivity contribution in [1.29, 1.82) is 5.41 Å². The Kier molecular flexibility index (Phi) is 4.91. The molecule has 2 aromatic carbocycles. The fourth-order valence-corrected chi connectivity index (χ4v) is 3.52. The number of benzene rings is 2. The van der Waals surface area contributed by atoms with Gasteiger partial charge in [0.25, 0.3) is 0 Å². The lowest BCUT2D eigenvalue weighted by atomic mass is 10.1. The van der Waals surface area contributed by atoms with E-state index in [2.05, 4.69) is 15.0 Å². The highest BCUT2D eigenvalue weighted by Crippen LogP contribution is 2.25. The van der Waals surface area contributed by atoms with Crippen LogP contribution < -0.4 is 5.49 Å². The van der Waals surface area contributed by atoms with Gasteiger partial charge < -0.3 is 9.55 Å². The van der Waals surface area contributed by atoms with Crippen molar-refractivity contribution in [2.24, 2.45) is 0 Å². The van der Waals surface area contributed by atoms with E-state index >= 15 is 0 Å². The summed E-state index contributed by atoms with van der Waals surface area (Å²) in [5, 5.41) is 9.93. The number of aromatic nitrogens is 4. The fourth-order valence-electron chi connectivity index (χ4n) is 2.88. The molecule has 0 atom stereocenters. The SMILES string of the molecule is N=c1ncn(Cc2c(Cl)cccc2Cl)c2nc(Cc3ccc(Cl)cc3)[nH]c12. The molecule has 2 N–H and O–H groups in total. The second kappa shape index (κ2) is 7.35. The van der Waals surface area contributed by atoms with E-state index in [9.17, 15) is 0 Å². The Morgan fingerprint density at radius 3 is 2.41 bits per heavy atom. The Morgan fingerprint density at radius 2 is 1.70 bits per heavy atom. The Balaban J connectivity index is 1.74. The van der Waals surface area contributed by atoms with Gasteiger partial charge in [-0.15, -0.1) is 0 Å². The molecule has 2 aromatic heterocycles. The number of hydrogen-bond acceptors (Lipinski definition) is 3. The minimum absolute atomic E-state index is 0.140. The van der Waals surface area contributed by atoms with Crippen molar-refractivity contribution >= 4 is 46.0 Å². The van der Waals surface area contributed by atoms with Gasteiger partial charge in [-0.25, -0.2) is 9.97 Å². The molecule has 0 amide bonds. The number of rotatable bonds is 4. The number of imidazole rings is 1. The molecule has 0 fully saturated rings. The van der Waals surface area contributed by atoms with Gasteiger partial charge >= 0.3 is 0 Å². The van der Waals surface area contributed by atoms with Gasteiger partial charge in [-0.2, -0.15) is 0 Å². The van der Waals surface area contributed by atoms with Crippen LogP contribution in [0.4, 0.5) is 0 Å². The van der Waals surface area contributed by atoms with Gasteiger partial charge in [0.1, 0.15) is 11.3 Å². The first-order chi connectivity index (χ1) is 13.0. The number of nitrogens with one attached hydrogen (secondary N) is 2. The summed E-state index contributed by atoms with van der Waals surface area (Å²) in [6.07, 6.45) is 2.18. The number of H-pyrrole nitrogens is 1. The molecule has 27 heavy (non-hydrogen) atoms. The van der Waals surface area contributed by atoms with E-state index in [-0.39, 0.29) is 5.49 Å². The topological polar surface area (TPSA) is 70.3 Å². The molecule has 0 aliphatic heterocycles. The molecule has 0 saturated heterocycles. The van der Waals surface area contributed by atoms with Crippen LogP contribution >= 0.6 is 34.8 Å². The lowest BCUT2D eigenvalue weighted by molar-refractivity contribution is 0.783. The van der Waals surface area contributed by atoms with Crippen molar-refractivity contribution in [1.82, 2.24) is 19.5 Å². The summed E-state index contributed by atoms with van der Waals surface area (Å²) in [6, 6.07) is 13.0. The van der Waals surface area contributed by atoms with Gasteiger partial charge in [0.05, 0.1) is 12.9 Å². The maximum absolute atomic E-state index is 8.08. The molecule has 0 radical (unpaired) electrons. The molecule has 0 bridgehead atoms. The summed E-state index contributed by atoms with van der Waals surface area (Å²) >= 11 is 18.5. The molecule has 0 unspecified atom stereocenters. The minimum Gasteiger partial charge on any atom is -0.337 e. The zero-order valence-electron chi connectivity index (χ0n) is 14.0. The second-order valence-corrected chi connectivity index (χ2v) is 7.36. The number of halogens is 3. The number of nitrogens with zero attached hydrogens (tertiary/aromatic N) is 3. The maximum atomic E-state index is 8.08. The third kappa shape index (κ3) is 3.72. The average Bonchev–Trinajstić information content (AvgIpc) is 3.07. The van der Waals surface area contributed by atoms with Crippen molar-refractivity contribution < 1.29 is 0 Å². The van der Waals surface area contributed by atoms with Crippen molar-refractivity contribution in [3.63, 3.8) is 0 Å². The lowest BCUT2D eigenvalue weighted by Gasteiger charge is -2.10. The van der Waals surface area contributed by atoms with Crippen LogP contribution in [0.3, 0.4) is 0 Å². The minimum atomic E-state index is 0.140. The molecule has 8 heteroatoms. The molecule has 0 saturated carbocycles. The summed E-state index contributed by atoms with van der Waals surface area (Å²) in [6.45, 7) is 0.410. The monoisotopic (exact) mass is 417 g/mol. The molecular formula is C19H14Cl3N5. The Bertz CT molecular complexity index is 1160. The third-order valence-electron chi connectivity index (χ3n) is 4.24. The second-order valence-electron chi connectivity index (χ2n) is 6.11. The van der Waals surface area contributed by atoms with Crippen molar-refractivity contribution in [3.8, 4) is 0 Å². The molecular weight excluding hydrogens is 405 g/mol. The van der Waals surface area contributed by atoms with Crippen LogP contribution in [0.1, 0.15) is 17.0 Å². The molecule has 136 valence electrons. The molecule has 2 heterocycles. The van der Waals surface area contributed by atoms with E-state index in [1.807, 2.05) is 28.8 Å². The number of aromatic amines is 1. The standard InChI is InChI=1S/C19H14Cl3N5/c20-12-6-4-11(5-7-12)8-16-25-17-18(23)24-10-27(19(17)26-16)9-13-14(21)2-1-3-15(13)22/h1-7,10,23H,8-9H2,(H,25,26). The van der Waals surface area contributed by atoms with Gasteiger partial charge in [0.15, 0.2) is 11.1 Å². The highest BCUT2D eigenvalue weighted by Gasteiger charge is 2.12. The molecule has 5 nitrogen and oxygen atoms in total.